The Morgan fingerprint density at radius 3 is 2.72 bits per heavy atom. The molecule has 1 aliphatic heterocycles. The molecular formula is C27H41F2NO2. The normalized spacial score (nSPS) is 42.2. The average Bonchev–Trinajstić information content (AvgIpc) is 3.33. The molecule has 4 rings (SSSR count). The van der Waals surface area contributed by atoms with Crippen LogP contribution in [0.5, 0.6) is 0 Å². The number of likely N-dealkylation sites (tertiary alicyclic amines) is 1. The van der Waals surface area contributed by atoms with Crippen molar-refractivity contribution in [3.8, 4) is 0 Å². The predicted molar refractivity (Wildman–Crippen MR) is 124 cm³/mol. The lowest BCUT2D eigenvalue weighted by Gasteiger charge is -2.45. The number of nitrogens with zero attached hydrogens (tertiary/aromatic N) is 1. The number of hydrogen-bond donors (Lipinski definition) is 2. The smallest absolute Gasteiger partial charge is 0.242 e. The van der Waals surface area contributed by atoms with Crippen LogP contribution in [0.4, 0.5) is 8.78 Å². The minimum absolute atomic E-state index is 0.270. The Kier molecular flexibility index (Phi) is 7.29. The molecule has 7 atom stereocenters. The molecule has 0 aromatic rings. The van der Waals surface area contributed by atoms with Crippen LogP contribution >= 0.6 is 0 Å². The summed E-state index contributed by atoms with van der Waals surface area (Å²) in [7, 11) is 0. The Balaban J connectivity index is 1.44. The maximum atomic E-state index is 13.1. The van der Waals surface area contributed by atoms with Crippen LogP contribution in [0, 0.1) is 29.1 Å². The van der Waals surface area contributed by atoms with Gasteiger partial charge in [0, 0.05) is 25.4 Å². The molecule has 5 heteroatoms. The van der Waals surface area contributed by atoms with Gasteiger partial charge in [-0.15, -0.1) is 0 Å². The highest BCUT2D eigenvalue weighted by Gasteiger charge is 2.51. The van der Waals surface area contributed by atoms with Gasteiger partial charge in [0.05, 0.1) is 12.2 Å². The fourth-order valence-corrected chi connectivity index (χ4v) is 7.45. The van der Waals surface area contributed by atoms with Gasteiger partial charge in [0.15, 0.2) is 0 Å². The number of alkyl halides is 2. The van der Waals surface area contributed by atoms with E-state index in [4.69, 9.17) is 0 Å². The van der Waals surface area contributed by atoms with Crippen molar-refractivity contribution in [3.63, 3.8) is 0 Å². The number of fused-ring (bicyclic) bond motifs is 1. The molecular weight excluding hydrogens is 408 g/mol. The number of aliphatic hydroxyl groups is 2. The van der Waals surface area contributed by atoms with E-state index in [2.05, 4.69) is 37.5 Å². The molecule has 2 N–H and O–H groups in total. The highest BCUT2D eigenvalue weighted by molar-refractivity contribution is 5.38. The lowest BCUT2D eigenvalue weighted by molar-refractivity contribution is 0.0672. The minimum Gasteiger partial charge on any atom is -0.393 e. The van der Waals surface area contributed by atoms with Crippen LogP contribution in [-0.2, 0) is 0 Å². The maximum Gasteiger partial charge on any atom is 0.242 e. The van der Waals surface area contributed by atoms with Crippen LogP contribution in [0.2, 0.25) is 0 Å². The molecule has 0 aromatic heterocycles. The first-order valence-corrected chi connectivity index (χ1v) is 12.6. The number of hydrogen-bond acceptors (Lipinski definition) is 3. The fraction of sp³-hybridized carbons (Fsp3) is 0.778. The number of allylic oxidation sites excluding steroid dienone is 3. The Bertz CT molecular complexity index is 763. The van der Waals surface area contributed by atoms with Crippen LogP contribution in [0.1, 0.15) is 65.2 Å². The van der Waals surface area contributed by atoms with E-state index in [1.165, 1.54) is 31.3 Å². The van der Waals surface area contributed by atoms with Gasteiger partial charge in [-0.25, -0.2) is 8.78 Å². The van der Waals surface area contributed by atoms with Crippen LogP contribution in [0.3, 0.4) is 0 Å². The highest BCUT2D eigenvalue weighted by Crippen LogP contribution is 2.59. The van der Waals surface area contributed by atoms with E-state index in [-0.39, 0.29) is 5.41 Å². The number of rotatable bonds is 5. The van der Waals surface area contributed by atoms with Gasteiger partial charge in [-0.2, -0.15) is 0 Å². The van der Waals surface area contributed by atoms with E-state index in [9.17, 15) is 19.0 Å². The van der Waals surface area contributed by atoms with Crippen LogP contribution in [-0.4, -0.2) is 53.4 Å². The average molecular weight is 450 g/mol. The minimum atomic E-state index is -2.19. The molecule has 180 valence electrons. The Morgan fingerprint density at radius 2 is 2.00 bits per heavy atom. The lowest BCUT2D eigenvalue weighted by Crippen LogP contribution is -2.39. The lowest BCUT2D eigenvalue weighted by atomic mass is 9.61. The van der Waals surface area contributed by atoms with Gasteiger partial charge in [0.25, 0.3) is 0 Å². The van der Waals surface area contributed by atoms with E-state index < -0.39 is 24.6 Å². The van der Waals surface area contributed by atoms with Crippen molar-refractivity contribution in [1.82, 2.24) is 4.90 Å². The molecule has 2 unspecified atom stereocenters. The zero-order valence-electron chi connectivity index (χ0n) is 19.8. The summed E-state index contributed by atoms with van der Waals surface area (Å²) in [5.41, 5.74) is 3.49. The summed E-state index contributed by atoms with van der Waals surface area (Å²) in [6, 6.07) is 0. The van der Waals surface area contributed by atoms with Crippen molar-refractivity contribution < 1.29 is 19.0 Å². The molecule has 3 nitrogen and oxygen atoms in total. The molecule has 4 aliphatic rings. The molecule has 0 aromatic carbocycles. The molecule has 0 bridgehead atoms. The second-order valence-electron chi connectivity index (χ2n) is 11.3. The summed E-state index contributed by atoms with van der Waals surface area (Å²) >= 11 is 0. The predicted octanol–water partition coefficient (Wildman–Crippen LogP) is 5.35. The van der Waals surface area contributed by atoms with Gasteiger partial charge in [0.2, 0.25) is 6.43 Å². The van der Waals surface area contributed by atoms with Crippen LogP contribution in [0.25, 0.3) is 0 Å². The summed E-state index contributed by atoms with van der Waals surface area (Å²) in [4.78, 5) is 2.27. The molecule has 3 saturated carbocycles. The van der Waals surface area contributed by atoms with Crippen molar-refractivity contribution >= 4 is 0 Å². The van der Waals surface area contributed by atoms with Crippen molar-refractivity contribution in [1.29, 1.82) is 0 Å². The molecule has 0 radical (unpaired) electrons. The standard InChI is InChI=1S/C27H41F2NO2/c1-17(15-30-12-10-21(16-30)26(28)29)23-8-9-24-19(5-4-11-27(23,24)3)6-7-20-13-22(31)14-25(32)18(20)2/h6-7,17,21-26,31-32H,2,4-5,8-16H2,1,3H3/b19-6+,20-7-/t17-,21+,22?,23-,24+,25?,27-/m1/s1. The fourth-order valence-electron chi connectivity index (χ4n) is 7.45. The summed E-state index contributed by atoms with van der Waals surface area (Å²) in [5, 5.41) is 20.2. The largest absolute Gasteiger partial charge is 0.393 e. The molecule has 1 saturated heterocycles. The summed E-state index contributed by atoms with van der Waals surface area (Å²) in [6.45, 7) is 11.1. The second-order valence-corrected chi connectivity index (χ2v) is 11.3. The van der Waals surface area contributed by atoms with E-state index >= 15 is 0 Å². The van der Waals surface area contributed by atoms with E-state index in [1.807, 2.05) is 0 Å². The van der Waals surface area contributed by atoms with E-state index in [0.717, 1.165) is 30.7 Å². The summed E-state index contributed by atoms with van der Waals surface area (Å²) < 4.78 is 26.2. The third kappa shape index (κ3) is 4.76. The first-order valence-electron chi connectivity index (χ1n) is 12.6. The molecule has 0 spiro atoms. The number of aliphatic hydroxyl groups excluding tert-OH is 2. The topological polar surface area (TPSA) is 43.7 Å². The van der Waals surface area contributed by atoms with Crippen molar-refractivity contribution in [3.05, 3.63) is 35.5 Å². The van der Waals surface area contributed by atoms with Crippen LogP contribution < -0.4 is 0 Å². The highest BCUT2D eigenvalue weighted by atomic mass is 19.3. The first kappa shape index (κ1) is 24.1. The molecule has 3 aliphatic carbocycles. The first-order chi connectivity index (χ1) is 15.2. The van der Waals surface area contributed by atoms with Crippen molar-refractivity contribution in [2.24, 2.45) is 29.1 Å². The van der Waals surface area contributed by atoms with Gasteiger partial charge in [-0.3, -0.25) is 0 Å². The second kappa shape index (κ2) is 9.68. The number of halogens is 2. The Labute approximate surface area is 192 Å². The van der Waals surface area contributed by atoms with Crippen molar-refractivity contribution in [2.45, 2.75) is 83.8 Å². The molecule has 1 heterocycles. The Morgan fingerprint density at radius 1 is 1.22 bits per heavy atom. The quantitative estimate of drug-likeness (QED) is 0.595. The van der Waals surface area contributed by atoms with Gasteiger partial charge < -0.3 is 15.1 Å². The monoisotopic (exact) mass is 449 g/mol. The van der Waals surface area contributed by atoms with Crippen LogP contribution in [0.15, 0.2) is 35.5 Å². The zero-order chi connectivity index (χ0) is 23.0. The van der Waals surface area contributed by atoms with Gasteiger partial charge in [0.1, 0.15) is 0 Å². The maximum absolute atomic E-state index is 13.1. The van der Waals surface area contributed by atoms with Crippen molar-refractivity contribution in [2.75, 3.05) is 19.6 Å². The zero-order valence-corrected chi connectivity index (χ0v) is 19.8. The third-order valence-corrected chi connectivity index (χ3v) is 9.20. The van der Waals surface area contributed by atoms with Gasteiger partial charge in [-0.05, 0) is 85.8 Å². The van der Waals surface area contributed by atoms with E-state index in [0.29, 0.717) is 43.6 Å². The Hall–Kier alpha value is -1.04. The van der Waals surface area contributed by atoms with Gasteiger partial charge in [-0.1, -0.05) is 38.2 Å². The SMILES string of the molecule is C=C1/C(=C\C=C2/CCC[C@]3(C)[C@@H]([C@H](C)CN4CC[C@H](C(F)F)C4)CC[C@@H]23)CC(O)CC1O. The molecule has 4 fully saturated rings. The van der Waals surface area contributed by atoms with E-state index in [1.54, 1.807) is 0 Å². The summed E-state index contributed by atoms with van der Waals surface area (Å²) in [5.74, 6) is 1.27. The van der Waals surface area contributed by atoms with Gasteiger partial charge >= 0.3 is 0 Å². The molecule has 32 heavy (non-hydrogen) atoms. The third-order valence-electron chi connectivity index (χ3n) is 9.20. The summed E-state index contributed by atoms with van der Waals surface area (Å²) in [6.07, 6.45) is 8.56. The molecule has 0 amide bonds.